The lowest BCUT2D eigenvalue weighted by atomic mass is 9.89. The Morgan fingerprint density at radius 3 is 2.60 bits per heavy atom. The first-order valence-corrected chi connectivity index (χ1v) is 7.83. The zero-order valence-corrected chi connectivity index (χ0v) is 12.6. The Kier molecular flexibility index (Phi) is 5.72. The molecule has 0 bridgehead atoms. The quantitative estimate of drug-likeness (QED) is 0.851. The molecule has 0 aliphatic carbocycles. The minimum Gasteiger partial charge on any atom is -0.490 e. The summed E-state index contributed by atoms with van der Waals surface area (Å²) in [6.45, 7) is 5.71. The lowest BCUT2D eigenvalue weighted by molar-refractivity contribution is 0.0986. The Balaban J connectivity index is 2.12. The van der Waals surface area contributed by atoms with E-state index in [1.807, 2.05) is 18.2 Å². The molecule has 2 atom stereocenters. The zero-order chi connectivity index (χ0) is 14.4. The number of unbranched alkanes of at least 4 members (excludes halogenated alkanes) is 1. The van der Waals surface area contributed by atoms with E-state index in [1.165, 1.54) is 12.8 Å². The average molecular weight is 278 g/mol. The first-order chi connectivity index (χ1) is 9.76. The van der Waals surface area contributed by atoms with Crippen LogP contribution in [-0.2, 0) is 0 Å². The summed E-state index contributed by atoms with van der Waals surface area (Å²) in [5.41, 5.74) is 0.942. The third kappa shape index (κ3) is 3.66. The number of ether oxygens (including phenoxy) is 2. The van der Waals surface area contributed by atoms with Gasteiger partial charge in [0.05, 0.1) is 19.3 Å². The Morgan fingerprint density at radius 2 is 1.90 bits per heavy atom. The maximum absolute atomic E-state index is 10.6. The van der Waals surface area contributed by atoms with Crippen molar-refractivity contribution in [3.63, 3.8) is 0 Å². The fourth-order valence-electron chi connectivity index (χ4n) is 2.69. The highest BCUT2D eigenvalue weighted by Crippen LogP contribution is 2.36. The summed E-state index contributed by atoms with van der Waals surface area (Å²) >= 11 is 0. The van der Waals surface area contributed by atoms with E-state index >= 15 is 0 Å². The maximum Gasteiger partial charge on any atom is 0.161 e. The second-order valence-electron chi connectivity index (χ2n) is 5.51. The van der Waals surface area contributed by atoms with Crippen molar-refractivity contribution in [2.24, 2.45) is 5.92 Å². The van der Waals surface area contributed by atoms with E-state index in [0.29, 0.717) is 19.1 Å². The van der Waals surface area contributed by atoms with Crippen molar-refractivity contribution < 1.29 is 14.6 Å². The SMILES string of the molecule is CCCCC(CC)C(O)c1ccc2c(c1)OCCCO2. The Labute approximate surface area is 121 Å². The van der Waals surface area contributed by atoms with E-state index in [4.69, 9.17) is 9.47 Å². The molecule has 0 saturated carbocycles. The molecule has 20 heavy (non-hydrogen) atoms. The van der Waals surface area contributed by atoms with E-state index in [0.717, 1.165) is 36.3 Å². The fraction of sp³-hybridized carbons (Fsp3) is 0.647. The van der Waals surface area contributed by atoms with Gasteiger partial charge in [0.25, 0.3) is 0 Å². The highest BCUT2D eigenvalue weighted by Gasteiger charge is 2.21. The largest absolute Gasteiger partial charge is 0.490 e. The van der Waals surface area contributed by atoms with Crippen LogP contribution in [0.2, 0.25) is 0 Å². The van der Waals surface area contributed by atoms with Gasteiger partial charge in [-0.15, -0.1) is 0 Å². The number of hydrogen-bond donors (Lipinski definition) is 1. The predicted octanol–water partition coefficient (Wildman–Crippen LogP) is 4.10. The molecule has 1 heterocycles. The van der Waals surface area contributed by atoms with Crippen molar-refractivity contribution in [3.05, 3.63) is 23.8 Å². The zero-order valence-electron chi connectivity index (χ0n) is 12.6. The van der Waals surface area contributed by atoms with Crippen LogP contribution < -0.4 is 9.47 Å². The first kappa shape index (κ1) is 15.2. The van der Waals surface area contributed by atoms with Gasteiger partial charge in [-0.05, 0) is 30.0 Å². The number of aliphatic hydroxyl groups is 1. The van der Waals surface area contributed by atoms with Gasteiger partial charge in [0.15, 0.2) is 11.5 Å². The summed E-state index contributed by atoms with van der Waals surface area (Å²) in [5, 5.41) is 10.6. The van der Waals surface area contributed by atoms with Gasteiger partial charge in [-0.25, -0.2) is 0 Å². The van der Waals surface area contributed by atoms with Crippen molar-refractivity contribution in [1.82, 2.24) is 0 Å². The third-order valence-electron chi connectivity index (χ3n) is 4.01. The van der Waals surface area contributed by atoms with E-state index in [9.17, 15) is 5.11 Å². The van der Waals surface area contributed by atoms with Crippen molar-refractivity contribution in [2.75, 3.05) is 13.2 Å². The standard InChI is InChI=1S/C17H26O3/c1-3-5-7-13(4-2)17(18)14-8-9-15-16(12-14)20-11-6-10-19-15/h8-9,12-13,17-18H,3-7,10-11H2,1-2H3. The average Bonchev–Trinajstić information content (AvgIpc) is 2.72. The molecule has 0 fully saturated rings. The molecule has 3 heteroatoms. The predicted molar refractivity (Wildman–Crippen MR) is 80.3 cm³/mol. The maximum atomic E-state index is 10.6. The van der Waals surface area contributed by atoms with Gasteiger partial charge < -0.3 is 14.6 Å². The molecular weight excluding hydrogens is 252 g/mol. The smallest absolute Gasteiger partial charge is 0.161 e. The molecule has 2 unspecified atom stereocenters. The topological polar surface area (TPSA) is 38.7 Å². The van der Waals surface area contributed by atoms with Gasteiger partial charge in [0, 0.05) is 6.42 Å². The lowest BCUT2D eigenvalue weighted by Crippen LogP contribution is -2.12. The van der Waals surface area contributed by atoms with Crippen LogP contribution in [0.15, 0.2) is 18.2 Å². The molecule has 0 amide bonds. The van der Waals surface area contributed by atoms with Gasteiger partial charge in [-0.3, -0.25) is 0 Å². The molecule has 0 spiro atoms. The van der Waals surface area contributed by atoms with Crippen LogP contribution >= 0.6 is 0 Å². The van der Waals surface area contributed by atoms with E-state index in [-0.39, 0.29) is 0 Å². The van der Waals surface area contributed by atoms with Crippen LogP contribution in [0.3, 0.4) is 0 Å². The fourth-order valence-corrected chi connectivity index (χ4v) is 2.69. The molecule has 1 aliphatic rings. The van der Waals surface area contributed by atoms with Crippen LogP contribution in [0.1, 0.15) is 57.6 Å². The highest BCUT2D eigenvalue weighted by atomic mass is 16.5. The Bertz CT molecular complexity index is 417. The van der Waals surface area contributed by atoms with Crippen molar-refractivity contribution in [2.45, 2.75) is 52.1 Å². The minimum absolute atomic E-state index is 0.319. The number of hydrogen-bond acceptors (Lipinski definition) is 3. The van der Waals surface area contributed by atoms with Crippen molar-refractivity contribution in [3.8, 4) is 11.5 Å². The normalized spacial score (nSPS) is 17.4. The molecule has 1 aromatic rings. The summed E-state index contributed by atoms with van der Waals surface area (Å²) in [6.07, 6.45) is 4.90. The number of aliphatic hydroxyl groups excluding tert-OH is 1. The molecule has 0 aromatic heterocycles. The van der Waals surface area contributed by atoms with Crippen LogP contribution in [0.5, 0.6) is 11.5 Å². The molecule has 112 valence electrons. The third-order valence-corrected chi connectivity index (χ3v) is 4.01. The van der Waals surface area contributed by atoms with Gasteiger partial charge in [-0.1, -0.05) is 39.2 Å². The van der Waals surface area contributed by atoms with Gasteiger partial charge >= 0.3 is 0 Å². The molecule has 1 aromatic carbocycles. The molecule has 0 radical (unpaired) electrons. The summed E-state index contributed by atoms with van der Waals surface area (Å²) < 4.78 is 11.3. The molecule has 3 nitrogen and oxygen atoms in total. The summed E-state index contributed by atoms with van der Waals surface area (Å²) in [6, 6.07) is 5.83. The second-order valence-corrected chi connectivity index (χ2v) is 5.51. The summed E-state index contributed by atoms with van der Waals surface area (Å²) in [5.74, 6) is 1.88. The van der Waals surface area contributed by atoms with E-state index < -0.39 is 6.10 Å². The molecule has 1 aliphatic heterocycles. The number of fused-ring (bicyclic) bond motifs is 1. The monoisotopic (exact) mass is 278 g/mol. The van der Waals surface area contributed by atoms with Gasteiger partial charge in [0.1, 0.15) is 0 Å². The minimum atomic E-state index is -0.413. The molecule has 2 rings (SSSR count). The van der Waals surface area contributed by atoms with Crippen LogP contribution in [-0.4, -0.2) is 18.3 Å². The number of benzene rings is 1. The van der Waals surface area contributed by atoms with Crippen molar-refractivity contribution >= 4 is 0 Å². The molecule has 1 N–H and O–H groups in total. The van der Waals surface area contributed by atoms with Gasteiger partial charge in [0.2, 0.25) is 0 Å². The Hall–Kier alpha value is -1.22. The second kappa shape index (κ2) is 7.53. The Morgan fingerprint density at radius 1 is 1.15 bits per heavy atom. The van der Waals surface area contributed by atoms with E-state index in [2.05, 4.69) is 13.8 Å². The van der Waals surface area contributed by atoms with Crippen LogP contribution in [0.25, 0.3) is 0 Å². The van der Waals surface area contributed by atoms with Crippen LogP contribution in [0, 0.1) is 5.92 Å². The van der Waals surface area contributed by atoms with E-state index in [1.54, 1.807) is 0 Å². The number of rotatable bonds is 6. The summed E-state index contributed by atoms with van der Waals surface area (Å²) in [4.78, 5) is 0. The van der Waals surface area contributed by atoms with Crippen molar-refractivity contribution in [1.29, 1.82) is 0 Å². The molecule has 0 saturated heterocycles. The first-order valence-electron chi connectivity index (χ1n) is 7.83. The van der Waals surface area contributed by atoms with Crippen LogP contribution in [0.4, 0.5) is 0 Å². The van der Waals surface area contributed by atoms with Gasteiger partial charge in [-0.2, -0.15) is 0 Å². The highest BCUT2D eigenvalue weighted by molar-refractivity contribution is 5.44. The lowest BCUT2D eigenvalue weighted by Gasteiger charge is -2.22. The summed E-state index contributed by atoms with van der Waals surface area (Å²) in [7, 11) is 0. The molecular formula is C17H26O3.